The summed E-state index contributed by atoms with van der Waals surface area (Å²) in [5, 5.41) is 10.3. The van der Waals surface area contributed by atoms with Gasteiger partial charge < -0.3 is 14.8 Å². The first-order chi connectivity index (χ1) is 17.4. The van der Waals surface area contributed by atoms with Crippen molar-refractivity contribution >= 4 is 10.9 Å². The lowest BCUT2D eigenvalue weighted by atomic mass is 9.88. The molecule has 5 rings (SSSR count). The molecular formula is C27H31F4N3O2. The van der Waals surface area contributed by atoms with Gasteiger partial charge in [0.2, 0.25) is 0 Å². The number of hydrogen-bond acceptors (Lipinski definition) is 4. The number of nitrogens with zero attached hydrogens (tertiary/aromatic N) is 2. The molecule has 0 aliphatic carbocycles. The quantitative estimate of drug-likeness (QED) is 0.424. The molecule has 1 fully saturated rings. The van der Waals surface area contributed by atoms with Crippen molar-refractivity contribution in [3.05, 3.63) is 64.9 Å². The van der Waals surface area contributed by atoms with E-state index in [2.05, 4.69) is 4.98 Å². The van der Waals surface area contributed by atoms with Crippen LogP contribution in [0.5, 0.6) is 5.75 Å². The number of benzene rings is 2. The molecule has 36 heavy (non-hydrogen) atoms. The van der Waals surface area contributed by atoms with E-state index in [-0.39, 0.29) is 43.1 Å². The molecule has 1 saturated heterocycles. The van der Waals surface area contributed by atoms with E-state index in [9.17, 15) is 13.9 Å². The number of aliphatic hydroxyl groups is 1. The number of likely N-dealkylation sites (tertiary alicyclic amines) is 1. The lowest BCUT2D eigenvalue weighted by Crippen LogP contribution is -2.49. The average molecular weight is 506 g/mol. The predicted octanol–water partition coefficient (Wildman–Crippen LogP) is 4.39. The molecule has 2 aliphatic heterocycles. The number of aromatic amines is 1. The minimum absolute atomic E-state index is 0.0595. The molecule has 0 radical (unpaired) electrons. The van der Waals surface area contributed by atoms with E-state index in [0.29, 0.717) is 31.7 Å². The van der Waals surface area contributed by atoms with Crippen LogP contribution in [0.15, 0.2) is 36.4 Å². The number of hydrogen-bond donors (Lipinski definition) is 2. The third-order valence-corrected chi connectivity index (χ3v) is 7.38. The third-order valence-electron chi connectivity index (χ3n) is 7.38. The van der Waals surface area contributed by atoms with Crippen LogP contribution in [0, 0.1) is 17.6 Å². The van der Waals surface area contributed by atoms with Crippen molar-refractivity contribution in [2.75, 3.05) is 46.1 Å². The van der Waals surface area contributed by atoms with Gasteiger partial charge in [0.1, 0.15) is 30.2 Å². The van der Waals surface area contributed by atoms with Gasteiger partial charge in [-0.05, 0) is 25.0 Å². The number of alkyl halides is 2. The summed E-state index contributed by atoms with van der Waals surface area (Å²) in [6.45, 7) is 2.83. The molecule has 9 heteroatoms. The molecule has 1 unspecified atom stereocenters. The first-order valence-electron chi connectivity index (χ1n) is 12.4. The van der Waals surface area contributed by atoms with Crippen molar-refractivity contribution in [2.45, 2.75) is 31.6 Å². The first-order valence-corrected chi connectivity index (χ1v) is 12.4. The molecule has 1 aromatic heterocycles. The number of aliphatic hydroxyl groups excluding tert-OH is 1. The molecule has 2 N–H and O–H groups in total. The molecule has 194 valence electrons. The maximum absolute atomic E-state index is 15.6. The molecule has 0 saturated carbocycles. The standard InChI is InChI=1S/C27H31F4N3O2/c1-16-8-21-20-4-2-3-5-24(20)32-26(21)27(34(16)14-18(29)15-35)25-22(30)9-19(10-23(25)31)36-7-6-33-12-17(11-28)13-33/h2-5,9-10,16-18,27,32,35H,6-8,11-15H2,1H3/t16-,18?,27-/m1/s1. The minimum atomic E-state index is -1.55. The fourth-order valence-electron chi connectivity index (χ4n) is 5.54. The molecule has 0 bridgehead atoms. The largest absolute Gasteiger partial charge is 0.492 e. The van der Waals surface area contributed by atoms with Crippen LogP contribution in [-0.4, -0.2) is 78.2 Å². The Kier molecular flexibility index (Phi) is 7.23. The summed E-state index contributed by atoms with van der Waals surface area (Å²) in [7, 11) is 0. The number of para-hydroxylation sites is 1. The fraction of sp³-hybridized carbons (Fsp3) is 0.481. The topological polar surface area (TPSA) is 51.7 Å². The van der Waals surface area contributed by atoms with Crippen LogP contribution in [0.4, 0.5) is 17.6 Å². The number of H-pyrrole nitrogens is 1. The Bertz CT molecular complexity index is 1190. The Morgan fingerprint density at radius 2 is 1.89 bits per heavy atom. The number of aromatic nitrogens is 1. The molecule has 2 aliphatic rings. The zero-order valence-electron chi connectivity index (χ0n) is 20.2. The summed E-state index contributed by atoms with van der Waals surface area (Å²) in [6.07, 6.45) is -0.967. The Morgan fingerprint density at radius 3 is 2.58 bits per heavy atom. The van der Waals surface area contributed by atoms with Gasteiger partial charge in [-0.1, -0.05) is 18.2 Å². The molecule has 2 aromatic carbocycles. The lowest BCUT2D eigenvalue weighted by Gasteiger charge is -2.41. The zero-order chi connectivity index (χ0) is 25.4. The van der Waals surface area contributed by atoms with Gasteiger partial charge in [0, 0.05) is 72.4 Å². The highest BCUT2D eigenvalue weighted by molar-refractivity contribution is 5.85. The number of halogens is 4. The zero-order valence-corrected chi connectivity index (χ0v) is 20.2. The summed E-state index contributed by atoms with van der Waals surface area (Å²) in [6, 6.07) is 8.89. The van der Waals surface area contributed by atoms with Crippen LogP contribution in [0.3, 0.4) is 0 Å². The Morgan fingerprint density at radius 1 is 1.17 bits per heavy atom. The van der Waals surface area contributed by atoms with Crippen molar-refractivity contribution in [1.29, 1.82) is 0 Å². The average Bonchev–Trinajstić information content (AvgIpc) is 3.19. The smallest absolute Gasteiger partial charge is 0.136 e. The molecule has 3 heterocycles. The number of rotatable bonds is 9. The van der Waals surface area contributed by atoms with Crippen LogP contribution < -0.4 is 4.74 Å². The Balaban J connectivity index is 1.46. The van der Waals surface area contributed by atoms with Gasteiger partial charge in [-0.25, -0.2) is 13.2 Å². The normalized spacial score (nSPS) is 21.9. The van der Waals surface area contributed by atoms with Crippen molar-refractivity contribution in [2.24, 2.45) is 5.92 Å². The van der Waals surface area contributed by atoms with Crippen LogP contribution in [-0.2, 0) is 6.42 Å². The second-order valence-electron chi connectivity index (χ2n) is 9.92. The van der Waals surface area contributed by atoms with E-state index < -0.39 is 30.5 Å². The Labute approximate surface area is 207 Å². The van der Waals surface area contributed by atoms with Crippen LogP contribution in [0.25, 0.3) is 10.9 Å². The van der Waals surface area contributed by atoms with E-state index in [4.69, 9.17) is 4.74 Å². The number of fused-ring (bicyclic) bond motifs is 3. The molecule has 5 nitrogen and oxygen atoms in total. The number of ether oxygens (including phenoxy) is 1. The summed E-state index contributed by atoms with van der Waals surface area (Å²) < 4.78 is 63.7. The fourth-order valence-corrected chi connectivity index (χ4v) is 5.54. The van der Waals surface area contributed by atoms with Crippen molar-refractivity contribution in [3.63, 3.8) is 0 Å². The van der Waals surface area contributed by atoms with Crippen LogP contribution in [0.1, 0.15) is 29.8 Å². The molecule has 3 atom stereocenters. The monoisotopic (exact) mass is 505 g/mol. The third kappa shape index (κ3) is 4.71. The minimum Gasteiger partial charge on any atom is -0.492 e. The summed E-state index contributed by atoms with van der Waals surface area (Å²) >= 11 is 0. The van der Waals surface area contributed by atoms with Gasteiger partial charge in [0.25, 0.3) is 0 Å². The molecule has 0 amide bonds. The van der Waals surface area contributed by atoms with E-state index in [1.807, 2.05) is 36.1 Å². The van der Waals surface area contributed by atoms with Gasteiger partial charge in [-0.2, -0.15) is 0 Å². The van der Waals surface area contributed by atoms with Gasteiger partial charge >= 0.3 is 0 Å². The molecule has 0 spiro atoms. The highest BCUT2D eigenvalue weighted by atomic mass is 19.1. The van der Waals surface area contributed by atoms with Crippen molar-refractivity contribution < 1.29 is 27.4 Å². The van der Waals surface area contributed by atoms with Crippen molar-refractivity contribution in [1.82, 2.24) is 14.8 Å². The maximum atomic E-state index is 15.6. The highest BCUT2D eigenvalue weighted by Gasteiger charge is 2.39. The molecular weight excluding hydrogens is 474 g/mol. The molecule has 3 aromatic rings. The predicted molar refractivity (Wildman–Crippen MR) is 130 cm³/mol. The maximum Gasteiger partial charge on any atom is 0.136 e. The lowest BCUT2D eigenvalue weighted by molar-refractivity contribution is 0.0666. The van der Waals surface area contributed by atoms with Gasteiger partial charge in [-0.3, -0.25) is 14.2 Å². The summed E-state index contributed by atoms with van der Waals surface area (Å²) in [5.74, 6) is -1.43. The second-order valence-corrected chi connectivity index (χ2v) is 9.92. The highest BCUT2D eigenvalue weighted by Crippen LogP contribution is 2.43. The van der Waals surface area contributed by atoms with E-state index in [0.717, 1.165) is 28.6 Å². The summed E-state index contributed by atoms with van der Waals surface area (Å²) in [4.78, 5) is 7.06. The van der Waals surface area contributed by atoms with E-state index in [1.54, 1.807) is 4.90 Å². The van der Waals surface area contributed by atoms with E-state index in [1.165, 1.54) is 0 Å². The van der Waals surface area contributed by atoms with Gasteiger partial charge in [-0.15, -0.1) is 0 Å². The van der Waals surface area contributed by atoms with Crippen molar-refractivity contribution in [3.8, 4) is 5.75 Å². The van der Waals surface area contributed by atoms with Crippen LogP contribution in [0.2, 0.25) is 0 Å². The SMILES string of the molecule is C[C@@H]1Cc2c([nH]c3ccccc23)[C@@H](c2c(F)cc(OCCN3CC(CF)C3)cc2F)N1CC(F)CO. The Hall–Kier alpha value is -2.62. The second kappa shape index (κ2) is 10.4. The van der Waals surface area contributed by atoms with Gasteiger partial charge in [0.05, 0.1) is 19.3 Å². The number of nitrogens with one attached hydrogen (secondary N) is 1. The van der Waals surface area contributed by atoms with Gasteiger partial charge in [0.15, 0.2) is 0 Å². The summed E-state index contributed by atoms with van der Waals surface area (Å²) in [5.41, 5.74) is 2.26. The van der Waals surface area contributed by atoms with Crippen LogP contribution >= 0.6 is 0 Å². The first kappa shape index (κ1) is 25.0. The van der Waals surface area contributed by atoms with E-state index >= 15 is 8.78 Å².